The molecule has 0 saturated heterocycles. The van der Waals surface area contributed by atoms with E-state index in [9.17, 15) is 4.79 Å². The highest BCUT2D eigenvalue weighted by Crippen LogP contribution is 2.13. The number of hydrogen-bond acceptors (Lipinski definition) is 4. The summed E-state index contributed by atoms with van der Waals surface area (Å²) in [7, 11) is 5.67. The van der Waals surface area contributed by atoms with Crippen molar-refractivity contribution < 1.29 is 9.53 Å². The molecule has 2 aromatic rings. The van der Waals surface area contributed by atoms with Crippen LogP contribution in [0, 0.1) is 0 Å². The minimum absolute atomic E-state index is 0.155. The zero-order valence-corrected chi connectivity index (χ0v) is 14.7. The maximum atomic E-state index is 12.6. The summed E-state index contributed by atoms with van der Waals surface area (Å²) in [5, 5.41) is 0. The summed E-state index contributed by atoms with van der Waals surface area (Å²) in [4.78, 5) is 23.7. The standard InChI is InChI=1S/C18H26N4O2/c1-21(2)10-11-22(13-16-12-19-14-20-16)18(23)9-6-15-4-7-17(24-3)8-5-15/h4-5,7-8,12,14H,6,9-11,13H2,1-3H3,(H,19,20). The molecule has 0 saturated carbocycles. The van der Waals surface area contributed by atoms with Crippen molar-refractivity contribution in [1.29, 1.82) is 0 Å². The highest BCUT2D eigenvalue weighted by Gasteiger charge is 2.15. The molecule has 0 bridgehead atoms. The van der Waals surface area contributed by atoms with Crippen LogP contribution in [-0.4, -0.2) is 60.0 Å². The predicted molar refractivity (Wildman–Crippen MR) is 93.9 cm³/mol. The number of likely N-dealkylation sites (N-methyl/N-ethyl adjacent to an activating group) is 1. The second kappa shape index (κ2) is 9.08. The van der Waals surface area contributed by atoms with Crippen molar-refractivity contribution >= 4 is 5.91 Å². The fourth-order valence-electron chi connectivity index (χ4n) is 2.39. The molecule has 2 rings (SSSR count). The zero-order chi connectivity index (χ0) is 17.4. The number of nitrogens with zero attached hydrogens (tertiary/aromatic N) is 3. The lowest BCUT2D eigenvalue weighted by atomic mass is 10.1. The molecule has 1 aromatic heterocycles. The summed E-state index contributed by atoms with van der Waals surface area (Å²) in [6.45, 7) is 2.10. The van der Waals surface area contributed by atoms with Gasteiger partial charge >= 0.3 is 0 Å². The van der Waals surface area contributed by atoms with Gasteiger partial charge in [0.2, 0.25) is 5.91 Å². The number of aromatic amines is 1. The second-order valence-electron chi connectivity index (χ2n) is 6.04. The molecule has 0 aliphatic heterocycles. The number of imidazole rings is 1. The third kappa shape index (κ3) is 5.70. The second-order valence-corrected chi connectivity index (χ2v) is 6.04. The van der Waals surface area contributed by atoms with Gasteiger partial charge in [-0.1, -0.05) is 12.1 Å². The van der Waals surface area contributed by atoms with Crippen LogP contribution in [0.2, 0.25) is 0 Å². The van der Waals surface area contributed by atoms with Crippen LogP contribution in [0.4, 0.5) is 0 Å². The number of amides is 1. The van der Waals surface area contributed by atoms with Crippen molar-refractivity contribution in [2.24, 2.45) is 0 Å². The lowest BCUT2D eigenvalue weighted by molar-refractivity contribution is -0.132. The lowest BCUT2D eigenvalue weighted by Crippen LogP contribution is -2.36. The SMILES string of the molecule is COc1ccc(CCC(=O)N(CCN(C)C)Cc2cnc[nH]2)cc1. The summed E-state index contributed by atoms with van der Waals surface area (Å²) in [5.41, 5.74) is 2.09. The molecule has 0 atom stereocenters. The van der Waals surface area contributed by atoms with Crippen LogP contribution in [0.25, 0.3) is 0 Å². The summed E-state index contributed by atoms with van der Waals surface area (Å²) < 4.78 is 5.16. The van der Waals surface area contributed by atoms with Crippen LogP contribution >= 0.6 is 0 Å². The van der Waals surface area contributed by atoms with Crippen molar-refractivity contribution in [1.82, 2.24) is 19.8 Å². The van der Waals surface area contributed by atoms with Gasteiger partial charge in [-0.2, -0.15) is 0 Å². The maximum Gasteiger partial charge on any atom is 0.223 e. The Morgan fingerprint density at radius 2 is 1.96 bits per heavy atom. The van der Waals surface area contributed by atoms with Crippen LogP contribution in [0.1, 0.15) is 17.7 Å². The van der Waals surface area contributed by atoms with E-state index in [0.717, 1.165) is 30.0 Å². The van der Waals surface area contributed by atoms with E-state index < -0.39 is 0 Å². The van der Waals surface area contributed by atoms with Crippen LogP contribution < -0.4 is 4.74 Å². The first-order valence-corrected chi connectivity index (χ1v) is 8.11. The number of hydrogen-bond donors (Lipinski definition) is 1. The Labute approximate surface area is 143 Å². The molecule has 0 aliphatic rings. The normalized spacial score (nSPS) is 10.8. The summed E-state index contributed by atoms with van der Waals surface area (Å²) in [6, 6.07) is 7.86. The van der Waals surface area contributed by atoms with E-state index in [-0.39, 0.29) is 5.91 Å². The van der Waals surface area contributed by atoms with Gasteiger partial charge in [0.25, 0.3) is 0 Å². The molecule has 1 amide bonds. The molecule has 1 aromatic carbocycles. The Morgan fingerprint density at radius 3 is 2.54 bits per heavy atom. The minimum Gasteiger partial charge on any atom is -0.497 e. The molecule has 1 heterocycles. The molecular weight excluding hydrogens is 304 g/mol. The van der Waals surface area contributed by atoms with Gasteiger partial charge in [-0.05, 0) is 38.2 Å². The lowest BCUT2D eigenvalue weighted by Gasteiger charge is -2.24. The molecule has 0 unspecified atom stereocenters. The number of H-pyrrole nitrogens is 1. The Bertz CT molecular complexity index is 608. The van der Waals surface area contributed by atoms with Gasteiger partial charge in [0.1, 0.15) is 5.75 Å². The van der Waals surface area contributed by atoms with E-state index in [1.165, 1.54) is 0 Å². The van der Waals surface area contributed by atoms with E-state index >= 15 is 0 Å². The molecule has 0 fully saturated rings. The minimum atomic E-state index is 0.155. The van der Waals surface area contributed by atoms with Gasteiger partial charge in [-0.15, -0.1) is 0 Å². The first kappa shape index (κ1) is 18.0. The van der Waals surface area contributed by atoms with E-state index in [1.807, 2.05) is 43.3 Å². The van der Waals surface area contributed by atoms with Gasteiger partial charge in [0.15, 0.2) is 0 Å². The zero-order valence-electron chi connectivity index (χ0n) is 14.7. The van der Waals surface area contributed by atoms with Gasteiger partial charge in [-0.3, -0.25) is 4.79 Å². The predicted octanol–water partition coefficient (Wildman–Crippen LogP) is 1.94. The largest absolute Gasteiger partial charge is 0.497 e. The van der Waals surface area contributed by atoms with Crippen molar-refractivity contribution in [2.75, 3.05) is 34.3 Å². The number of carbonyl (C=O) groups excluding carboxylic acids is 1. The number of methoxy groups -OCH3 is 1. The van der Waals surface area contributed by atoms with E-state index in [1.54, 1.807) is 19.6 Å². The third-order valence-electron chi connectivity index (χ3n) is 3.87. The average Bonchev–Trinajstić information content (AvgIpc) is 3.09. The van der Waals surface area contributed by atoms with E-state index in [4.69, 9.17) is 4.74 Å². The molecule has 0 radical (unpaired) electrons. The Hall–Kier alpha value is -2.34. The van der Waals surface area contributed by atoms with Crippen molar-refractivity contribution in [2.45, 2.75) is 19.4 Å². The third-order valence-corrected chi connectivity index (χ3v) is 3.87. The van der Waals surface area contributed by atoms with Crippen molar-refractivity contribution in [3.63, 3.8) is 0 Å². The smallest absolute Gasteiger partial charge is 0.223 e. The van der Waals surface area contributed by atoms with Crippen LogP contribution in [-0.2, 0) is 17.8 Å². The summed E-state index contributed by atoms with van der Waals surface area (Å²) in [5.74, 6) is 0.985. The van der Waals surface area contributed by atoms with Crippen molar-refractivity contribution in [3.05, 3.63) is 48.0 Å². The molecular formula is C18H26N4O2. The highest BCUT2D eigenvalue weighted by molar-refractivity contribution is 5.76. The number of carbonyl (C=O) groups is 1. The van der Waals surface area contributed by atoms with Gasteiger partial charge < -0.3 is 19.5 Å². The number of benzene rings is 1. The topological polar surface area (TPSA) is 61.5 Å². The number of rotatable bonds is 9. The molecule has 0 spiro atoms. The van der Waals surface area contributed by atoms with Gasteiger partial charge in [0, 0.05) is 25.7 Å². The van der Waals surface area contributed by atoms with Crippen LogP contribution in [0.15, 0.2) is 36.8 Å². The van der Waals surface area contributed by atoms with Gasteiger partial charge in [0.05, 0.1) is 25.7 Å². The molecule has 1 N–H and O–H groups in total. The fraction of sp³-hybridized carbons (Fsp3) is 0.444. The molecule has 6 nitrogen and oxygen atoms in total. The maximum absolute atomic E-state index is 12.6. The number of aryl methyl sites for hydroxylation is 1. The van der Waals surface area contributed by atoms with Crippen LogP contribution in [0.5, 0.6) is 5.75 Å². The number of aromatic nitrogens is 2. The summed E-state index contributed by atoms with van der Waals surface area (Å²) in [6.07, 6.45) is 4.62. The fourth-order valence-corrected chi connectivity index (χ4v) is 2.39. The first-order chi connectivity index (χ1) is 11.6. The first-order valence-electron chi connectivity index (χ1n) is 8.11. The Morgan fingerprint density at radius 1 is 1.21 bits per heavy atom. The average molecular weight is 330 g/mol. The molecule has 24 heavy (non-hydrogen) atoms. The van der Waals surface area contributed by atoms with Crippen LogP contribution in [0.3, 0.4) is 0 Å². The molecule has 0 aliphatic carbocycles. The molecule has 130 valence electrons. The monoisotopic (exact) mass is 330 g/mol. The van der Waals surface area contributed by atoms with Gasteiger partial charge in [-0.25, -0.2) is 4.98 Å². The summed E-state index contributed by atoms with van der Waals surface area (Å²) >= 11 is 0. The quantitative estimate of drug-likeness (QED) is 0.763. The molecule has 6 heteroatoms. The van der Waals surface area contributed by atoms with E-state index in [0.29, 0.717) is 19.5 Å². The Balaban J connectivity index is 1.92. The number of ether oxygens (including phenoxy) is 1. The Kier molecular flexibility index (Phi) is 6.81. The van der Waals surface area contributed by atoms with Crippen molar-refractivity contribution in [3.8, 4) is 5.75 Å². The number of nitrogens with one attached hydrogen (secondary N) is 1. The highest BCUT2D eigenvalue weighted by atomic mass is 16.5. The van der Waals surface area contributed by atoms with E-state index in [2.05, 4.69) is 14.9 Å².